The highest BCUT2D eigenvalue weighted by Gasteiger charge is 2.43. The second-order valence-corrected chi connectivity index (χ2v) is 6.87. The van der Waals surface area contributed by atoms with E-state index in [1.54, 1.807) is 12.3 Å². The topological polar surface area (TPSA) is 101 Å². The largest absolute Gasteiger partial charge is 0.364 e. The number of rotatable bonds is 5. The maximum Gasteiger partial charge on any atom is 0.268 e. The highest BCUT2D eigenvalue weighted by molar-refractivity contribution is 5.90. The fourth-order valence-corrected chi connectivity index (χ4v) is 3.25. The molecule has 2 atom stereocenters. The molecule has 24 heavy (non-hydrogen) atoms. The van der Waals surface area contributed by atoms with E-state index >= 15 is 0 Å². The Balaban J connectivity index is 1.73. The van der Waals surface area contributed by atoms with Gasteiger partial charge < -0.3 is 16.0 Å². The van der Waals surface area contributed by atoms with Crippen LogP contribution in [0.4, 0.5) is 5.82 Å². The van der Waals surface area contributed by atoms with E-state index in [0.717, 1.165) is 12.1 Å². The zero-order chi connectivity index (χ0) is 17.3. The van der Waals surface area contributed by atoms with E-state index in [4.69, 9.17) is 5.73 Å². The summed E-state index contributed by atoms with van der Waals surface area (Å²) in [6.45, 7) is 5.24. The van der Waals surface area contributed by atoms with Crippen molar-refractivity contribution in [2.75, 3.05) is 18.4 Å². The molecule has 0 unspecified atom stereocenters. The van der Waals surface area contributed by atoms with E-state index in [2.05, 4.69) is 15.3 Å². The molecule has 7 heteroatoms. The van der Waals surface area contributed by atoms with Crippen LogP contribution in [-0.2, 0) is 4.79 Å². The average molecular weight is 329 g/mol. The van der Waals surface area contributed by atoms with Crippen LogP contribution in [-0.4, -0.2) is 45.8 Å². The van der Waals surface area contributed by atoms with Crippen LogP contribution in [0.1, 0.15) is 37.2 Å². The first-order valence-electron chi connectivity index (χ1n) is 8.26. The molecule has 3 rings (SSSR count). The number of anilines is 1. The first-order chi connectivity index (χ1) is 11.4. The molecule has 3 N–H and O–H groups in total. The summed E-state index contributed by atoms with van der Waals surface area (Å²) in [6, 6.07) is 0.115. The van der Waals surface area contributed by atoms with Gasteiger partial charge >= 0.3 is 0 Å². The van der Waals surface area contributed by atoms with Crippen LogP contribution in [0.25, 0.3) is 0 Å². The van der Waals surface area contributed by atoms with Gasteiger partial charge in [0.2, 0.25) is 5.91 Å². The normalized spacial score (nSPS) is 23.0. The van der Waals surface area contributed by atoms with Crippen LogP contribution in [0, 0.1) is 11.8 Å². The van der Waals surface area contributed by atoms with Crippen molar-refractivity contribution in [3.05, 3.63) is 29.7 Å². The second kappa shape index (κ2) is 6.59. The molecule has 2 aliphatic rings. The Morgan fingerprint density at radius 2 is 2.04 bits per heavy atom. The van der Waals surface area contributed by atoms with Crippen molar-refractivity contribution in [1.29, 1.82) is 0 Å². The number of nitrogens with two attached hydrogens (primary N) is 1. The molecule has 7 nitrogen and oxygen atoms in total. The fraction of sp³-hybridized carbons (Fsp3) is 0.529. The Labute approximate surface area is 141 Å². The summed E-state index contributed by atoms with van der Waals surface area (Å²) in [5.74, 6) is 1.04. The molecule has 1 saturated carbocycles. The van der Waals surface area contributed by atoms with Crippen molar-refractivity contribution >= 4 is 17.6 Å². The summed E-state index contributed by atoms with van der Waals surface area (Å²) < 4.78 is 0. The summed E-state index contributed by atoms with van der Waals surface area (Å²) >= 11 is 0. The molecule has 1 saturated heterocycles. The molecule has 0 radical (unpaired) electrons. The predicted molar refractivity (Wildman–Crippen MR) is 90.2 cm³/mol. The van der Waals surface area contributed by atoms with E-state index < -0.39 is 5.91 Å². The molecule has 0 bridgehead atoms. The van der Waals surface area contributed by atoms with Gasteiger partial charge in [-0.3, -0.25) is 14.6 Å². The van der Waals surface area contributed by atoms with Gasteiger partial charge in [0.05, 0.1) is 12.4 Å². The van der Waals surface area contributed by atoms with Crippen molar-refractivity contribution in [2.24, 2.45) is 17.6 Å². The number of aromatic nitrogens is 2. The van der Waals surface area contributed by atoms with E-state index in [0.29, 0.717) is 24.2 Å². The molecule has 2 heterocycles. The van der Waals surface area contributed by atoms with Gasteiger partial charge in [0.15, 0.2) is 0 Å². The lowest BCUT2D eigenvalue weighted by Crippen LogP contribution is -2.32. The second-order valence-electron chi connectivity index (χ2n) is 6.87. The first kappa shape index (κ1) is 16.4. The number of nitrogens with zero attached hydrogens (tertiary/aromatic N) is 3. The summed E-state index contributed by atoms with van der Waals surface area (Å²) in [7, 11) is 0. The third kappa shape index (κ3) is 3.72. The van der Waals surface area contributed by atoms with Gasteiger partial charge in [-0.25, -0.2) is 4.98 Å². The highest BCUT2D eigenvalue weighted by Crippen LogP contribution is 2.42. The number of hydrogen-bond donors (Lipinski definition) is 2. The number of carbonyl (C=O) groups excluding carboxylic acids is 2. The molecule has 1 aromatic heterocycles. The van der Waals surface area contributed by atoms with Crippen LogP contribution >= 0.6 is 0 Å². The van der Waals surface area contributed by atoms with Crippen molar-refractivity contribution in [1.82, 2.24) is 14.9 Å². The van der Waals surface area contributed by atoms with E-state index in [1.165, 1.54) is 19.0 Å². The fourth-order valence-electron chi connectivity index (χ4n) is 3.25. The molecule has 2 amide bonds. The lowest BCUT2D eigenvalue weighted by molar-refractivity contribution is -0.125. The van der Waals surface area contributed by atoms with Crippen molar-refractivity contribution in [3.8, 4) is 0 Å². The molecule has 0 spiro atoms. The minimum absolute atomic E-state index is 0.0573. The molecule has 0 aromatic carbocycles. The molecular formula is C17H23N5O2. The number of amides is 2. The molecular weight excluding hydrogens is 306 g/mol. The molecule has 128 valence electrons. The number of hydrogen-bond acceptors (Lipinski definition) is 5. The first-order valence-corrected chi connectivity index (χ1v) is 8.26. The molecule has 1 aliphatic carbocycles. The van der Waals surface area contributed by atoms with Crippen molar-refractivity contribution in [2.45, 2.75) is 32.7 Å². The predicted octanol–water partition coefficient (Wildman–Crippen LogP) is 1.19. The molecule has 2 fully saturated rings. The number of allylic oxidation sites excluding steroid dienone is 1. The Morgan fingerprint density at radius 1 is 1.29 bits per heavy atom. The van der Waals surface area contributed by atoms with Gasteiger partial charge in [0, 0.05) is 31.1 Å². The Hall–Kier alpha value is -2.44. The van der Waals surface area contributed by atoms with Crippen LogP contribution in [0.2, 0.25) is 0 Å². The van der Waals surface area contributed by atoms with Crippen LogP contribution in [0.5, 0.6) is 0 Å². The van der Waals surface area contributed by atoms with Gasteiger partial charge in [-0.15, -0.1) is 0 Å². The van der Waals surface area contributed by atoms with Crippen molar-refractivity contribution < 1.29 is 9.59 Å². The number of nitrogens with one attached hydrogen (secondary N) is 1. The van der Waals surface area contributed by atoms with Crippen molar-refractivity contribution in [3.63, 3.8) is 0 Å². The molecule has 1 aliphatic heterocycles. The van der Waals surface area contributed by atoms with Gasteiger partial charge in [-0.2, -0.15) is 0 Å². The Bertz CT molecular complexity index is 679. The average Bonchev–Trinajstić information content (AvgIpc) is 3.28. The third-order valence-corrected chi connectivity index (χ3v) is 4.54. The van der Waals surface area contributed by atoms with E-state index in [1.807, 2.05) is 18.7 Å². The maximum atomic E-state index is 12.3. The van der Waals surface area contributed by atoms with Gasteiger partial charge in [0.1, 0.15) is 11.5 Å². The van der Waals surface area contributed by atoms with Gasteiger partial charge in [0.25, 0.3) is 5.91 Å². The van der Waals surface area contributed by atoms with Gasteiger partial charge in [-0.05, 0) is 32.6 Å². The molecule has 1 aromatic rings. The summed E-state index contributed by atoms with van der Waals surface area (Å²) in [5.41, 5.74) is 6.39. The smallest absolute Gasteiger partial charge is 0.268 e. The Morgan fingerprint density at radius 3 is 2.67 bits per heavy atom. The van der Waals surface area contributed by atoms with E-state index in [9.17, 15) is 9.59 Å². The monoisotopic (exact) mass is 329 g/mol. The van der Waals surface area contributed by atoms with Crippen LogP contribution < -0.4 is 11.1 Å². The Kier molecular flexibility index (Phi) is 4.51. The van der Waals surface area contributed by atoms with Gasteiger partial charge in [-0.1, -0.05) is 5.57 Å². The number of likely N-dealkylation sites (tertiary alicyclic amines) is 1. The zero-order valence-corrected chi connectivity index (χ0v) is 14.0. The standard InChI is InChI=1S/C17H23N5O2/c1-10(2)5-16(23)22-8-12(11-3-4-11)14(9-22)21-15-7-19-6-13(20-15)17(18)24/h5-7,11-12,14H,3-4,8-9H2,1-2H3,(H2,18,24)(H,20,21)/t12-,14+/m1/s1. The summed E-state index contributed by atoms with van der Waals surface area (Å²) in [4.78, 5) is 33.7. The summed E-state index contributed by atoms with van der Waals surface area (Å²) in [6.07, 6.45) is 7.03. The number of carbonyl (C=O) groups is 2. The SMILES string of the molecule is CC(C)=CC(=O)N1C[C@H](Nc2cncc(C(N)=O)n2)[C@@H](C2CC2)C1. The highest BCUT2D eigenvalue weighted by atomic mass is 16.2. The van der Waals surface area contributed by atoms with Crippen LogP contribution in [0.3, 0.4) is 0 Å². The third-order valence-electron chi connectivity index (χ3n) is 4.54. The minimum Gasteiger partial charge on any atom is -0.364 e. The van der Waals surface area contributed by atoms with Crippen LogP contribution in [0.15, 0.2) is 24.0 Å². The zero-order valence-electron chi connectivity index (χ0n) is 14.0. The lowest BCUT2D eigenvalue weighted by Gasteiger charge is -2.19. The quantitative estimate of drug-likeness (QED) is 0.790. The lowest BCUT2D eigenvalue weighted by atomic mass is 9.98. The van der Waals surface area contributed by atoms with E-state index in [-0.39, 0.29) is 17.6 Å². The minimum atomic E-state index is -0.600. The number of primary amides is 1. The maximum absolute atomic E-state index is 12.3. The summed E-state index contributed by atoms with van der Waals surface area (Å²) in [5, 5.41) is 3.35.